The maximum absolute atomic E-state index is 13.6. The van der Waals surface area contributed by atoms with Crippen molar-refractivity contribution < 1.29 is 14.3 Å². The number of methoxy groups -OCH3 is 1. The zero-order valence-corrected chi connectivity index (χ0v) is 20.0. The van der Waals surface area contributed by atoms with E-state index in [1.807, 2.05) is 35.9 Å². The number of amides is 1. The molecule has 1 fully saturated rings. The van der Waals surface area contributed by atoms with Gasteiger partial charge in [-0.2, -0.15) is 9.78 Å². The fraction of sp³-hybridized carbons (Fsp3) is 0.346. The number of ether oxygens (including phenoxy) is 2. The van der Waals surface area contributed by atoms with Crippen LogP contribution in [0.15, 0.2) is 53.3 Å². The molecule has 0 spiro atoms. The van der Waals surface area contributed by atoms with Crippen molar-refractivity contribution in [3.05, 3.63) is 64.6 Å². The molecule has 3 heterocycles. The summed E-state index contributed by atoms with van der Waals surface area (Å²) < 4.78 is 13.8. The molecule has 0 unspecified atom stereocenters. The van der Waals surface area contributed by atoms with E-state index in [9.17, 15) is 9.59 Å². The van der Waals surface area contributed by atoms with Crippen molar-refractivity contribution in [1.82, 2.24) is 24.6 Å². The molecule has 182 valence electrons. The molecule has 4 aromatic rings. The molecule has 1 saturated heterocycles. The summed E-state index contributed by atoms with van der Waals surface area (Å²) in [6.45, 7) is 4.75. The quantitative estimate of drug-likeness (QED) is 0.413. The number of morpholine rings is 1. The Hall–Kier alpha value is -3.69. The molecule has 2 aromatic carbocycles. The molecule has 0 saturated carbocycles. The highest BCUT2D eigenvalue weighted by molar-refractivity contribution is 6.16. The predicted molar refractivity (Wildman–Crippen MR) is 135 cm³/mol. The lowest BCUT2D eigenvalue weighted by Gasteiger charge is -2.26. The number of aromatic nitrogens is 3. The smallest absolute Gasteiger partial charge is 0.296 e. The minimum Gasteiger partial charge on any atom is -0.497 e. The standard InChI is InChI=1S/C26H29N5O4/c1-29-21-7-4-3-6-20(21)22-23(25(32)27-12-5-13-30-14-16-35-17-15-30)28-31(26(33)24(22)29)18-8-10-19(34-2)11-9-18/h3-4,6-11H,5,12-17H2,1-2H3,(H,27,32). The van der Waals surface area contributed by atoms with Gasteiger partial charge in [0.15, 0.2) is 5.69 Å². The number of carbonyl (C=O) groups excluding carboxylic acids is 1. The van der Waals surface area contributed by atoms with Gasteiger partial charge in [0, 0.05) is 43.0 Å². The predicted octanol–water partition coefficient (Wildman–Crippen LogP) is 2.34. The molecular formula is C26H29N5O4. The van der Waals surface area contributed by atoms with Crippen molar-refractivity contribution in [2.75, 3.05) is 46.5 Å². The zero-order chi connectivity index (χ0) is 24.4. The minimum atomic E-state index is -0.296. The molecule has 1 aliphatic rings. The number of para-hydroxylation sites is 1. The van der Waals surface area contributed by atoms with Crippen LogP contribution in [-0.2, 0) is 11.8 Å². The van der Waals surface area contributed by atoms with E-state index in [0.29, 0.717) is 28.9 Å². The lowest BCUT2D eigenvalue weighted by Crippen LogP contribution is -2.38. The van der Waals surface area contributed by atoms with Gasteiger partial charge in [-0.05, 0) is 43.3 Å². The van der Waals surface area contributed by atoms with Crippen molar-refractivity contribution in [2.45, 2.75) is 6.42 Å². The van der Waals surface area contributed by atoms with Crippen LogP contribution in [0.1, 0.15) is 16.9 Å². The van der Waals surface area contributed by atoms with Gasteiger partial charge in [0.05, 0.1) is 26.0 Å². The van der Waals surface area contributed by atoms with Crippen LogP contribution in [0.4, 0.5) is 0 Å². The third kappa shape index (κ3) is 4.40. The van der Waals surface area contributed by atoms with Gasteiger partial charge in [0.2, 0.25) is 0 Å². The second-order valence-corrected chi connectivity index (χ2v) is 8.63. The van der Waals surface area contributed by atoms with E-state index in [2.05, 4.69) is 15.3 Å². The Kier molecular flexibility index (Phi) is 6.52. The van der Waals surface area contributed by atoms with Crippen LogP contribution in [0.2, 0.25) is 0 Å². The molecule has 2 aromatic heterocycles. The molecule has 0 radical (unpaired) electrons. The van der Waals surface area contributed by atoms with Crippen LogP contribution >= 0.6 is 0 Å². The first-order valence-electron chi connectivity index (χ1n) is 11.8. The molecule has 1 N–H and O–H groups in total. The minimum absolute atomic E-state index is 0.235. The molecule has 5 rings (SSSR count). The summed E-state index contributed by atoms with van der Waals surface area (Å²) >= 11 is 0. The fourth-order valence-electron chi connectivity index (χ4n) is 4.65. The number of nitrogens with zero attached hydrogens (tertiary/aromatic N) is 4. The average molecular weight is 476 g/mol. The molecule has 9 nitrogen and oxygen atoms in total. The summed E-state index contributed by atoms with van der Waals surface area (Å²) in [6.07, 6.45) is 0.822. The van der Waals surface area contributed by atoms with Crippen molar-refractivity contribution in [2.24, 2.45) is 7.05 Å². The van der Waals surface area contributed by atoms with Gasteiger partial charge in [-0.3, -0.25) is 14.5 Å². The van der Waals surface area contributed by atoms with Gasteiger partial charge in [-0.1, -0.05) is 18.2 Å². The molecule has 0 bridgehead atoms. The molecule has 1 amide bonds. The first-order valence-corrected chi connectivity index (χ1v) is 11.8. The van der Waals surface area contributed by atoms with Gasteiger partial charge in [-0.25, -0.2) is 0 Å². The van der Waals surface area contributed by atoms with Crippen molar-refractivity contribution in [3.8, 4) is 11.4 Å². The number of nitrogens with one attached hydrogen (secondary N) is 1. The van der Waals surface area contributed by atoms with E-state index in [4.69, 9.17) is 9.47 Å². The molecule has 0 aliphatic carbocycles. The second-order valence-electron chi connectivity index (χ2n) is 8.63. The van der Waals surface area contributed by atoms with Gasteiger partial charge >= 0.3 is 0 Å². The van der Waals surface area contributed by atoms with E-state index in [-0.39, 0.29) is 17.2 Å². The Labute approximate surface area is 202 Å². The molecule has 35 heavy (non-hydrogen) atoms. The molecule has 1 aliphatic heterocycles. The monoisotopic (exact) mass is 475 g/mol. The van der Waals surface area contributed by atoms with Crippen LogP contribution in [-0.4, -0.2) is 71.7 Å². The lowest BCUT2D eigenvalue weighted by atomic mass is 10.1. The first kappa shape index (κ1) is 23.1. The van der Waals surface area contributed by atoms with Crippen LogP contribution < -0.4 is 15.6 Å². The van der Waals surface area contributed by atoms with Crippen molar-refractivity contribution >= 4 is 27.7 Å². The topological polar surface area (TPSA) is 90.6 Å². The number of hydrogen-bond donors (Lipinski definition) is 1. The summed E-state index contributed by atoms with van der Waals surface area (Å²) in [4.78, 5) is 29.3. The summed E-state index contributed by atoms with van der Waals surface area (Å²) in [7, 11) is 3.43. The maximum atomic E-state index is 13.6. The largest absolute Gasteiger partial charge is 0.497 e. The molecular weight excluding hydrogens is 446 g/mol. The maximum Gasteiger partial charge on any atom is 0.296 e. The number of hydrogen-bond acceptors (Lipinski definition) is 6. The average Bonchev–Trinajstić information content (AvgIpc) is 3.20. The molecule has 0 atom stereocenters. The number of aryl methyl sites for hydroxylation is 1. The summed E-state index contributed by atoms with van der Waals surface area (Å²) in [5.41, 5.74) is 1.82. The number of rotatable bonds is 7. The van der Waals surface area contributed by atoms with E-state index >= 15 is 0 Å². The summed E-state index contributed by atoms with van der Waals surface area (Å²) in [5, 5.41) is 8.99. The SMILES string of the molecule is COc1ccc(-n2nc(C(=O)NCCCN3CCOCC3)c3c4ccccc4n(C)c3c2=O)cc1. The zero-order valence-electron chi connectivity index (χ0n) is 20.0. The Morgan fingerprint density at radius 3 is 2.60 bits per heavy atom. The van der Waals surface area contributed by atoms with Crippen molar-refractivity contribution in [1.29, 1.82) is 0 Å². The normalized spacial score (nSPS) is 14.5. The fourth-order valence-corrected chi connectivity index (χ4v) is 4.65. The Morgan fingerprint density at radius 2 is 1.86 bits per heavy atom. The van der Waals surface area contributed by atoms with Crippen molar-refractivity contribution in [3.63, 3.8) is 0 Å². The first-order chi connectivity index (χ1) is 17.1. The number of fused-ring (bicyclic) bond motifs is 3. The van der Waals surface area contributed by atoms with Crippen LogP contribution in [0.5, 0.6) is 5.75 Å². The molecule has 9 heteroatoms. The van der Waals surface area contributed by atoms with Crippen LogP contribution in [0.25, 0.3) is 27.5 Å². The van der Waals surface area contributed by atoms with Gasteiger partial charge < -0.3 is 19.4 Å². The van der Waals surface area contributed by atoms with E-state index in [0.717, 1.165) is 50.2 Å². The second kappa shape index (κ2) is 9.89. The highest BCUT2D eigenvalue weighted by atomic mass is 16.5. The van der Waals surface area contributed by atoms with E-state index < -0.39 is 0 Å². The summed E-state index contributed by atoms with van der Waals surface area (Å²) in [5.74, 6) is 0.376. The van der Waals surface area contributed by atoms with Crippen LogP contribution in [0.3, 0.4) is 0 Å². The highest BCUT2D eigenvalue weighted by Gasteiger charge is 2.23. The Balaban J connectivity index is 1.53. The van der Waals surface area contributed by atoms with E-state index in [1.165, 1.54) is 4.68 Å². The van der Waals surface area contributed by atoms with E-state index in [1.54, 1.807) is 31.4 Å². The van der Waals surface area contributed by atoms with Gasteiger partial charge in [0.25, 0.3) is 11.5 Å². The summed E-state index contributed by atoms with van der Waals surface area (Å²) in [6, 6.07) is 14.7. The number of carbonyl (C=O) groups is 1. The lowest BCUT2D eigenvalue weighted by molar-refractivity contribution is 0.0374. The van der Waals surface area contributed by atoms with Gasteiger partial charge in [0.1, 0.15) is 11.3 Å². The van der Waals surface area contributed by atoms with Gasteiger partial charge in [-0.15, -0.1) is 0 Å². The Bertz CT molecular complexity index is 1420. The van der Waals surface area contributed by atoms with Crippen LogP contribution in [0, 0.1) is 0 Å². The number of benzene rings is 2. The highest BCUT2D eigenvalue weighted by Crippen LogP contribution is 2.28. The Morgan fingerprint density at radius 1 is 1.11 bits per heavy atom. The third-order valence-corrected chi connectivity index (χ3v) is 6.51. The third-order valence-electron chi connectivity index (χ3n) is 6.51.